The Bertz CT molecular complexity index is 554. The molecule has 0 aliphatic carbocycles. The number of nitrogens with one attached hydrogen (secondary N) is 1. The van der Waals surface area contributed by atoms with Gasteiger partial charge in [-0.05, 0) is 56.4 Å². The Kier molecular flexibility index (Phi) is 7.12. The average molecular weight is 332 g/mol. The van der Waals surface area contributed by atoms with Gasteiger partial charge in [-0.25, -0.2) is 4.79 Å². The summed E-state index contributed by atoms with van der Waals surface area (Å²) in [5, 5.41) is 11.8. The number of aliphatic hydroxyl groups is 1. The van der Waals surface area contributed by atoms with Crippen LogP contribution in [0.3, 0.4) is 0 Å². The molecule has 0 saturated heterocycles. The van der Waals surface area contributed by atoms with Crippen LogP contribution >= 0.6 is 0 Å². The van der Waals surface area contributed by atoms with Crippen LogP contribution < -0.4 is 10.1 Å². The van der Waals surface area contributed by atoms with Crippen molar-refractivity contribution in [3.8, 4) is 5.75 Å². The highest BCUT2D eigenvalue weighted by Gasteiger charge is 2.19. The zero-order valence-corrected chi connectivity index (χ0v) is 14.6. The van der Waals surface area contributed by atoms with Crippen LogP contribution in [0.4, 0.5) is 4.79 Å². The van der Waals surface area contributed by atoms with E-state index >= 15 is 0 Å². The van der Waals surface area contributed by atoms with E-state index in [1.807, 2.05) is 30.9 Å². The number of hydrogen-bond acceptors (Lipinski definition) is 3. The zero-order valence-electron chi connectivity index (χ0n) is 14.6. The predicted octanol–water partition coefficient (Wildman–Crippen LogP) is 3.05. The normalized spacial score (nSPS) is 15.6. The molecule has 2 rings (SSSR count). The summed E-state index contributed by atoms with van der Waals surface area (Å²) >= 11 is 0. The van der Waals surface area contributed by atoms with Crippen molar-refractivity contribution in [2.45, 2.75) is 39.2 Å². The largest absolute Gasteiger partial charge is 0.494 e. The molecule has 0 fully saturated rings. The number of ether oxygens (including phenoxy) is 1. The van der Waals surface area contributed by atoms with Crippen LogP contribution in [0.15, 0.2) is 30.3 Å². The summed E-state index contributed by atoms with van der Waals surface area (Å²) in [4.78, 5) is 14.1. The molecule has 1 heterocycles. The quantitative estimate of drug-likeness (QED) is 0.807. The topological polar surface area (TPSA) is 61.8 Å². The van der Waals surface area contributed by atoms with Crippen molar-refractivity contribution in [3.05, 3.63) is 35.9 Å². The molecule has 5 nitrogen and oxygen atoms in total. The highest BCUT2D eigenvalue weighted by molar-refractivity contribution is 5.77. The molecular weight excluding hydrogens is 304 g/mol. The van der Waals surface area contributed by atoms with E-state index in [-0.39, 0.29) is 18.7 Å². The number of amides is 2. The van der Waals surface area contributed by atoms with Crippen LogP contribution in [0, 0.1) is 0 Å². The van der Waals surface area contributed by atoms with E-state index in [9.17, 15) is 4.79 Å². The average Bonchev–Trinajstić information content (AvgIpc) is 2.61. The number of hydrogen-bond donors (Lipinski definition) is 2. The molecule has 0 spiro atoms. The second-order valence-corrected chi connectivity index (χ2v) is 6.10. The van der Waals surface area contributed by atoms with Gasteiger partial charge < -0.3 is 20.1 Å². The van der Waals surface area contributed by atoms with Gasteiger partial charge in [-0.1, -0.05) is 18.2 Å². The predicted molar refractivity (Wildman–Crippen MR) is 96.1 cm³/mol. The van der Waals surface area contributed by atoms with E-state index in [4.69, 9.17) is 9.84 Å². The van der Waals surface area contributed by atoms with E-state index in [0.29, 0.717) is 19.6 Å². The van der Waals surface area contributed by atoms with Crippen molar-refractivity contribution >= 4 is 11.6 Å². The van der Waals surface area contributed by atoms with Crippen LogP contribution in [0.1, 0.15) is 38.7 Å². The van der Waals surface area contributed by atoms with Gasteiger partial charge in [-0.2, -0.15) is 0 Å². The minimum Gasteiger partial charge on any atom is -0.494 e. The Hall–Kier alpha value is -2.01. The van der Waals surface area contributed by atoms with Crippen LogP contribution in [0.25, 0.3) is 5.57 Å². The first-order valence-corrected chi connectivity index (χ1v) is 8.72. The molecule has 1 aliphatic heterocycles. The molecule has 1 aromatic carbocycles. The van der Waals surface area contributed by atoms with E-state index in [2.05, 4.69) is 23.5 Å². The van der Waals surface area contributed by atoms with Gasteiger partial charge in [-0.3, -0.25) is 0 Å². The molecular formula is C19H28N2O3. The van der Waals surface area contributed by atoms with Gasteiger partial charge in [0.2, 0.25) is 0 Å². The zero-order chi connectivity index (χ0) is 17.4. The maximum atomic E-state index is 12.2. The second kappa shape index (κ2) is 9.33. The van der Waals surface area contributed by atoms with Gasteiger partial charge in [-0.15, -0.1) is 0 Å². The third kappa shape index (κ3) is 5.27. The number of aliphatic hydroxyl groups excluding tert-OH is 1. The number of rotatable bonds is 7. The number of carbonyl (C=O) groups is 1. The minimum atomic E-state index is -0.0255. The van der Waals surface area contributed by atoms with Gasteiger partial charge in [0.15, 0.2) is 0 Å². The lowest BCUT2D eigenvalue weighted by Gasteiger charge is -2.28. The van der Waals surface area contributed by atoms with Crippen LogP contribution in [0.2, 0.25) is 0 Å². The molecule has 1 aliphatic rings. The van der Waals surface area contributed by atoms with Crippen molar-refractivity contribution in [3.63, 3.8) is 0 Å². The summed E-state index contributed by atoms with van der Waals surface area (Å²) < 4.78 is 5.47. The van der Waals surface area contributed by atoms with Gasteiger partial charge in [0.1, 0.15) is 5.75 Å². The minimum absolute atomic E-state index is 0.0255. The Morgan fingerprint density at radius 3 is 2.71 bits per heavy atom. The summed E-state index contributed by atoms with van der Waals surface area (Å²) in [5.74, 6) is 0.885. The molecule has 0 radical (unpaired) electrons. The summed E-state index contributed by atoms with van der Waals surface area (Å²) in [6, 6.07) is 8.18. The summed E-state index contributed by atoms with van der Waals surface area (Å²) in [7, 11) is 0. The van der Waals surface area contributed by atoms with Crippen molar-refractivity contribution in [1.82, 2.24) is 10.2 Å². The Labute approximate surface area is 144 Å². The number of nitrogens with zero attached hydrogens (tertiary/aromatic N) is 1. The van der Waals surface area contributed by atoms with Gasteiger partial charge >= 0.3 is 6.03 Å². The number of carbonyl (C=O) groups excluding carboxylic acids is 1. The molecule has 24 heavy (non-hydrogen) atoms. The maximum Gasteiger partial charge on any atom is 0.317 e. The standard InChI is InChI=1S/C19H28N2O3/c1-3-24-18-8-6-16(7-9-18)17-10-12-21(13-11-17)19(23)20-15(2)5-4-14-22/h6-10,15,22H,3-5,11-14H2,1-2H3,(H,20,23). The van der Waals surface area contributed by atoms with E-state index in [1.54, 1.807) is 0 Å². The summed E-state index contributed by atoms with van der Waals surface area (Å²) in [5.41, 5.74) is 2.46. The van der Waals surface area contributed by atoms with Crippen molar-refractivity contribution in [2.24, 2.45) is 0 Å². The molecule has 0 saturated carbocycles. The first kappa shape index (κ1) is 18.3. The Morgan fingerprint density at radius 2 is 2.12 bits per heavy atom. The van der Waals surface area contributed by atoms with Crippen LogP contribution in [0.5, 0.6) is 5.75 Å². The number of urea groups is 1. The molecule has 5 heteroatoms. The molecule has 0 bridgehead atoms. The van der Waals surface area contributed by atoms with E-state index < -0.39 is 0 Å². The lowest BCUT2D eigenvalue weighted by molar-refractivity contribution is 0.197. The van der Waals surface area contributed by atoms with Gasteiger partial charge in [0, 0.05) is 25.7 Å². The van der Waals surface area contributed by atoms with Crippen molar-refractivity contribution in [1.29, 1.82) is 0 Å². The molecule has 132 valence electrons. The molecule has 1 aromatic rings. The van der Waals surface area contributed by atoms with Crippen molar-refractivity contribution in [2.75, 3.05) is 26.3 Å². The third-order valence-corrected chi connectivity index (χ3v) is 4.20. The van der Waals surface area contributed by atoms with Gasteiger partial charge in [0.05, 0.1) is 6.61 Å². The molecule has 1 atom stereocenters. The van der Waals surface area contributed by atoms with Gasteiger partial charge in [0.25, 0.3) is 0 Å². The fourth-order valence-corrected chi connectivity index (χ4v) is 2.82. The lowest BCUT2D eigenvalue weighted by atomic mass is 9.99. The van der Waals surface area contributed by atoms with Crippen LogP contribution in [-0.2, 0) is 0 Å². The molecule has 1 unspecified atom stereocenters. The summed E-state index contributed by atoms with van der Waals surface area (Å²) in [6.07, 6.45) is 4.48. The molecule has 2 amide bonds. The first-order chi connectivity index (χ1) is 11.6. The van der Waals surface area contributed by atoms with Crippen LogP contribution in [-0.4, -0.2) is 48.4 Å². The maximum absolute atomic E-state index is 12.2. The SMILES string of the molecule is CCOc1ccc(C2=CCN(C(=O)NC(C)CCCO)CC2)cc1. The monoisotopic (exact) mass is 332 g/mol. The Balaban J connectivity index is 1.87. The fourth-order valence-electron chi connectivity index (χ4n) is 2.82. The van der Waals surface area contributed by atoms with E-state index in [1.165, 1.54) is 11.1 Å². The smallest absolute Gasteiger partial charge is 0.317 e. The van der Waals surface area contributed by atoms with E-state index in [0.717, 1.165) is 25.1 Å². The first-order valence-electron chi connectivity index (χ1n) is 8.72. The Morgan fingerprint density at radius 1 is 1.38 bits per heavy atom. The molecule has 2 N–H and O–H groups in total. The lowest BCUT2D eigenvalue weighted by Crippen LogP contribution is -2.45. The second-order valence-electron chi connectivity index (χ2n) is 6.10. The fraction of sp³-hybridized carbons (Fsp3) is 0.526. The van der Waals surface area contributed by atoms with Crippen molar-refractivity contribution < 1.29 is 14.6 Å². The highest BCUT2D eigenvalue weighted by Crippen LogP contribution is 2.24. The molecule has 0 aromatic heterocycles. The third-order valence-electron chi connectivity index (χ3n) is 4.20. The summed E-state index contributed by atoms with van der Waals surface area (Å²) in [6.45, 7) is 6.13. The number of benzene rings is 1. The highest BCUT2D eigenvalue weighted by atomic mass is 16.5.